The summed E-state index contributed by atoms with van der Waals surface area (Å²) in [5.41, 5.74) is 5.87. The fourth-order valence-corrected chi connectivity index (χ4v) is 2.13. The number of aliphatic imine (C=N–C) groups is 1. The topological polar surface area (TPSA) is 89.1 Å². The molecule has 0 aromatic heterocycles. The Morgan fingerprint density at radius 3 is 2.57 bits per heavy atom. The summed E-state index contributed by atoms with van der Waals surface area (Å²) >= 11 is 0. The van der Waals surface area contributed by atoms with Crippen LogP contribution < -0.4 is 20.5 Å². The number of hydrogen-bond donors (Lipinski definition) is 3. The number of aliphatic hydroxyl groups is 1. The number of nitrogens with one attached hydrogen (secondary N) is 1. The molecule has 0 fully saturated rings. The van der Waals surface area contributed by atoms with Crippen LogP contribution in [0, 0.1) is 0 Å². The molecule has 0 atom stereocenters. The second-order valence-corrected chi connectivity index (χ2v) is 5.47. The zero-order chi connectivity index (χ0) is 16.0. The molecule has 1 aromatic rings. The van der Waals surface area contributed by atoms with E-state index in [1.54, 1.807) is 0 Å². The van der Waals surface area contributed by atoms with Crippen molar-refractivity contribution in [1.82, 2.24) is 0 Å². The molecule has 130 valence electrons. The van der Waals surface area contributed by atoms with Gasteiger partial charge in [0.05, 0.1) is 25.4 Å². The maximum atomic E-state index is 10.2. The third-order valence-corrected chi connectivity index (χ3v) is 3.88. The van der Waals surface area contributed by atoms with Crippen LogP contribution in [0.5, 0.6) is 11.5 Å². The van der Waals surface area contributed by atoms with Crippen molar-refractivity contribution in [2.24, 2.45) is 10.7 Å². The molecular formula is C16H26IN3O3. The maximum absolute atomic E-state index is 10.2. The summed E-state index contributed by atoms with van der Waals surface area (Å²) < 4.78 is 11.2. The number of ether oxygens (including phenoxy) is 2. The Morgan fingerprint density at radius 1 is 1.26 bits per heavy atom. The maximum Gasteiger partial charge on any atom is 0.193 e. The molecule has 7 heteroatoms. The van der Waals surface area contributed by atoms with E-state index in [4.69, 9.17) is 15.2 Å². The van der Waals surface area contributed by atoms with Crippen molar-refractivity contribution in [3.05, 3.63) is 18.2 Å². The summed E-state index contributed by atoms with van der Waals surface area (Å²) in [4.78, 5) is 4.23. The highest BCUT2D eigenvalue weighted by Gasteiger charge is 2.21. The molecule has 2 rings (SSSR count). The Kier molecular flexibility index (Phi) is 7.90. The summed E-state index contributed by atoms with van der Waals surface area (Å²) in [5, 5.41) is 13.2. The van der Waals surface area contributed by atoms with Crippen molar-refractivity contribution in [2.75, 3.05) is 25.1 Å². The van der Waals surface area contributed by atoms with Crippen LogP contribution in [0.1, 0.15) is 33.1 Å². The quantitative estimate of drug-likeness (QED) is 0.376. The van der Waals surface area contributed by atoms with Crippen LogP contribution in [0.4, 0.5) is 5.69 Å². The fourth-order valence-electron chi connectivity index (χ4n) is 2.13. The van der Waals surface area contributed by atoms with E-state index in [0.717, 1.165) is 17.9 Å². The number of hydrogen-bond acceptors (Lipinski definition) is 4. The van der Waals surface area contributed by atoms with E-state index < -0.39 is 5.60 Å². The zero-order valence-electron chi connectivity index (χ0n) is 13.7. The van der Waals surface area contributed by atoms with Gasteiger partial charge in [-0.1, -0.05) is 13.8 Å². The van der Waals surface area contributed by atoms with Gasteiger partial charge >= 0.3 is 0 Å². The summed E-state index contributed by atoms with van der Waals surface area (Å²) in [6.45, 7) is 5.46. The van der Waals surface area contributed by atoms with Crippen LogP contribution in [0.25, 0.3) is 0 Å². The highest BCUT2D eigenvalue weighted by molar-refractivity contribution is 14.0. The van der Waals surface area contributed by atoms with Gasteiger partial charge in [0, 0.05) is 18.2 Å². The molecule has 1 heterocycles. The molecule has 0 spiro atoms. The minimum atomic E-state index is -0.795. The van der Waals surface area contributed by atoms with Crippen molar-refractivity contribution in [2.45, 2.75) is 38.7 Å². The SMILES string of the molecule is CCC(O)(CC)CN=C(N)Nc1ccc2c(c1)OCCCO2.I. The Bertz CT molecular complexity index is 533. The zero-order valence-corrected chi connectivity index (χ0v) is 16.0. The van der Waals surface area contributed by atoms with Crippen LogP contribution >= 0.6 is 24.0 Å². The molecule has 1 aliphatic rings. The van der Waals surface area contributed by atoms with Crippen LogP contribution in [-0.4, -0.2) is 36.4 Å². The van der Waals surface area contributed by atoms with E-state index in [1.165, 1.54) is 0 Å². The van der Waals surface area contributed by atoms with Crippen LogP contribution in [-0.2, 0) is 0 Å². The average Bonchev–Trinajstić information content (AvgIpc) is 2.77. The molecule has 1 aromatic carbocycles. The number of guanidine groups is 1. The van der Waals surface area contributed by atoms with E-state index in [1.807, 2.05) is 32.0 Å². The first-order valence-corrected chi connectivity index (χ1v) is 7.75. The predicted octanol–water partition coefficient (Wildman–Crippen LogP) is 2.74. The number of fused-ring (bicyclic) bond motifs is 1. The lowest BCUT2D eigenvalue weighted by Crippen LogP contribution is -2.33. The number of nitrogens with zero attached hydrogens (tertiary/aromatic N) is 1. The second-order valence-electron chi connectivity index (χ2n) is 5.47. The third kappa shape index (κ3) is 5.72. The lowest BCUT2D eigenvalue weighted by molar-refractivity contribution is 0.0419. The van der Waals surface area contributed by atoms with Gasteiger partial charge in [-0.15, -0.1) is 24.0 Å². The van der Waals surface area contributed by atoms with Crippen molar-refractivity contribution in [3.8, 4) is 11.5 Å². The Hall–Kier alpha value is -1.22. The monoisotopic (exact) mass is 435 g/mol. The lowest BCUT2D eigenvalue weighted by Gasteiger charge is -2.22. The minimum absolute atomic E-state index is 0. The Morgan fingerprint density at radius 2 is 1.91 bits per heavy atom. The summed E-state index contributed by atoms with van der Waals surface area (Å²) in [7, 11) is 0. The van der Waals surface area contributed by atoms with Gasteiger partial charge in [-0.05, 0) is 25.0 Å². The van der Waals surface area contributed by atoms with Gasteiger partial charge in [0.25, 0.3) is 0 Å². The van der Waals surface area contributed by atoms with E-state index in [-0.39, 0.29) is 36.5 Å². The van der Waals surface area contributed by atoms with Gasteiger partial charge < -0.3 is 25.6 Å². The molecule has 0 amide bonds. The predicted molar refractivity (Wildman–Crippen MR) is 103 cm³/mol. The molecule has 0 aliphatic carbocycles. The number of halogens is 1. The van der Waals surface area contributed by atoms with Gasteiger partial charge in [0.15, 0.2) is 17.5 Å². The summed E-state index contributed by atoms with van der Waals surface area (Å²) in [6.07, 6.45) is 2.16. The largest absolute Gasteiger partial charge is 0.490 e. The smallest absolute Gasteiger partial charge is 0.193 e. The van der Waals surface area contributed by atoms with E-state index in [0.29, 0.717) is 31.8 Å². The molecule has 0 unspecified atom stereocenters. The first kappa shape index (κ1) is 19.8. The van der Waals surface area contributed by atoms with Gasteiger partial charge in [-0.2, -0.15) is 0 Å². The average molecular weight is 435 g/mol. The van der Waals surface area contributed by atoms with E-state index in [9.17, 15) is 5.11 Å². The molecule has 4 N–H and O–H groups in total. The highest BCUT2D eigenvalue weighted by Crippen LogP contribution is 2.32. The van der Waals surface area contributed by atoms with E-state index in [2.05, 4.69) is 10.3 Å². The van der Waals surface area contributed by atoms with Crippen LogP contribution in [0.15, 0.2) is 23.2 Å². The van der Waals surface area contributed by atoms with Gasteiger partial charge in [-0.3, -0.25) is 4.99 Å². The summed E-state index contributed by atoms with van der Waals surface area (Å²) in [6, 6.07) is 5.56. The van der Waals surface area contributed by atoms with Crippen molar-refractivity contribution in [3.63, 3.8) is 0 Å². The second kappa shape index (κ2) is 9.17. The van der Waals surface area contributed by atoms with Gasteiger partial charge in [0.1, 0.15) is 0 Å². The molecule has 0 saturated carbocycles. The molecule has 0 radical (unpaired) electrons. The molecule has 0 bridgehead atoms. The van der Waals surface area contributed by atoms with Gasteiger partial charge in [0.2, 0.25) is 0 Å². The number of nitrogens with two attached hydrogens (primary N) is 1. The van der Waals surface area contributed by atoms with Gasteiger partial charge in [-0.25, -0.2) is 0 Å². The molecular weight excluding hydrogens is 409 g/mol. The summed E-state index contributed by atoms with van der Waals surface area (Å²) in [5.74, 6) is 1.72. The lowest BCUT2D eigenvalue weighted by atomic mass is 9.98. The minimum Gasteiger partial charge on any atom is -0.490 e. The fraction of sp³-hybridized carbons (Fsp3) is 0.562. The third-order valence-electron chi connectivity index (χ3n) is 3.88. The first-order valence-electron chi connectivity index (χ1n) is 7.75. The van der Waals surface area contributed by atoms with Crippen molar-refractivity contribution in [1.29, 1.82) is 0 Å². The first-order chi connectivity index (χ1) is 10.6. The normalized spacial score (nSPS) is 14.7. The van der Waals surface area contributed by atoms with Crippen LogP contribution in [0.2, 0.25) is 0 Å². The Balaban J connectivity index is 0.00000264. The number of benzene rings is 1. The molecule has 23 heavy (non-hydrogen) atoms. The van der Waals surface area contributed by atoms with E-state index >= 15 is 0 Å². The van der Waals surface area contributed by atoms with Crippen LogP contribution in [0.3, 0.4) is 0 Å². The van der Waals surface area contributed by atoms with Crippen molar-refractivity contribution < 1.29 is 14.6 Å². The molecule has 6 nitrogen and oxygen atoms in total. The Labute approximate surface area is 154 Å². The molecule has 0 saturated heterocycles. The number of anilines is 1. The standard InChI is InChI=1S/C16H25N3O3.HI/c1-3-16(20,4-2)11-18-15(17)19-12-6-7-13-14(10-12)22-9-5-8-21-13;/h6-7,10,20H,3-5,8-9,11H2,1-2H3,(H3,17,18,19);1H. The van der Waals surface area contributed by atoms with Crippen molar-refractivity contribution >= 4 is 35.6 Å². The highest BCUT2D eigenvalue weighted by atomic mass is 127. The number of rotatable bonds is 5. The molecule has 1 aliphatic heterocycles.